The summed E-state index contributed by atoms with van der Waals surface area (Å²) in [6.07, 6.45) is 2.65. The number of nitrogens with zero attached hydrogens (tertiary/aromatic N) is 2. The van der Waals surface area contributed by atoms with Crippen LogP contribution in [0.3, 0.4) is 0 Å². The number of benzene rings is 4. The van der Waals surface area contributed by atoms with Gasteiger partial charge in [-0.15, -0.1) is 0 Å². The van der Waals surface area contributed by atoms with Gasteiger partial charge in [-0.3, -0.25) is 9.62 Å². The van der Waals surface area contributed by atoms with Crippen LogP contribution in [0.25, 0.3) is 10.8 Å². The molecule has 1 aliphatic rings. The van der Waals surface area contributed by atoms with Crippen LogP contribution in [0.4, 0.5) is 33.4 Å². The number of anilines is 5. The van der Waals surface area contributed by atoms with Gasteiger partial charge >= 0.3 is 6.03 Å². The third-order valence-corrected chi connectivity index (χ3v) is 11.0. The van der Waals surface area contributed by atoms with Gasteiger partial charge in [-0.25, -0.2) is 26.6 Å². The van der Waals surface area contributed by atoms with Crippen molar-refractivity contribution in [2.45, 2.75) is 31.4 Å². The molecule has 0 aliphatic carbocycles. The van der Waals surface area contributed by atoms with Crippen LogP contribution in [0.2, 0.25) is 0 Å². The van der Waals surface area contributed by atoms with E-state index in [2.05, 4.69) is 30.6 Å². The molecule has 0 spiro atoms. The molecule has 1 aromatic heterocycles. The smallest absolute Gasteiger partial charge is 0.323 e. The van der Waals surface area contributed by atoms with Crippen molar-refractivity contribution in [3.05, 3.63) is 96.2 Å². The molecule has 2 amide bonds. The number of fused-ring (bicyclic) bond motifs is 1. The van der Waals surface area contributed by atoms with Gasteiger partial charge in [0.25, 0.3) is 0 Å². The molecule has 0 saturated carbocycles. The highest BCUT2D eigenvalue weighted by Gasteiger charge is 2.25. The molecule has 6 rings (SSSR count). The maximum absolute atomic E-state index is 13.5. The monoisotopic (exact) mass is 832 g/mol. The Labute approximate surface area is 340 Å². The summed E-state index contributed by atoms with van der Waals surface area (Å²) in [6, 6.07) is 22.5. The molecule has 1 unspecified atom stereocenters. The van der Waals surface area contributed by atoms with Crippen molar-refractivity contribution < 1.29 is 40.6 Å². The highest BCUT2D eigenvalue weighted by molar-refractivity contribution is 7.92. The lowest BCUT2D eigenvalue weighted by Gasteiger charge is -2.29. The molecule has 0 radical (unpaired) electrons. The molecular formula is C41H48N6O9S2. The number of carbonyl (C=O) groups excluding carboxylic acids is 1. The van der Waals surface area contributed by atoms with Gasteiger partial charge < -0.3 is 34.9 Å². The molecule has 1 aliphatic heterocycles. The van der Waals surface area contributed by atoms with Crippen LogP contribution in [0, 0.1) is 0 Å². The molecule has 1 saturated heterocycles. The second-order valence-corrected chi connectivity index (χ2v) is 17.7. The summed E-state index contributed by atoms with van der Waals surface area (Å²) in [6.45, 7) is 8.75. The average molecular weight is 833 g/mol. The number of hydrogen-bond donors (Lipinski definition) is 5. The van der Waals surface area contributed by atoms with Crippen molar-refractivity contribution in [1.82, 2.24) is 9.88 Å². The van der Waals surface area contributed by atoms with Crippen molar-refractivity contribution in [3.8, 4) is 23.0 Å². The van der Waals surface area contributed by atoms with Gasteiger partial charge in [0.15, 0.2) is 5.75 Å². The van der Waals surface area contributed by atoms with E-state index >= 15 is 0 Å². The molecule has 5 aromatic rings. The van der Waals surface area contributed by atoms with Crippen molar-refractivity contribution in [2.75, 3.05) is 74.0 Å². The Morgan fingerprint density at radius 3 is 2.26 bits per heavy atom. The van der Waals surface area contributed by atoms with Crippen LogP contribution in [0.1, 0.15) is 37.1 Å². The fourth-order valence-corrected chi connectivity index (χ4v) is 7.94. The lowest BCUT2D eigenvalue weighted by molar-refractivity contribution is 0.0378. The zero-order valence-electron chi connectivity index (χ0n) is 33.1. The number of aromatic nitrogens is 1. The van der Waals surface area contributed by atoms with E-state index in [9.17, 15) is 21.6 Å². The Hall–Kier alpha value is -5.62. The number of thiol groups is 1. The van der Waals surface area contributed by atoms with Gasteiger partial charge in [-0.1, -0.05) is 51.1 Å². The SMILES string of the molecule is COc1cc(Nc2cc(Oc3ccc(NC(=O)Nc4cc(C(C)(C)C)cc(NS(C)(=O)=O)c4OC)c4ccccc34)ccn2)ccc1C(CN1CCOCC1)[SH](=O)=O. The highest BCUT2D eigenvalue weighted by Crippen LogP contribution is 2.40. The number of rotatable bonds is 14. The zero-order chi connectivity index (χ0) is 41.6. The maximum Gasteiger partial charge on any atom is 0.323 e. The molecule has 15 nitrogen and oxygen atoms in total. The number of carbonyl (C=O) groups is 1. The van der Waals surface area contributed by atoms with Gasteiger partial charge in [0.05, 0.1) is 56.0 Å². The lowest BCUT2D eigenvalue weighted by Crippen LogP contribution is -2.39. The van der Waals surface area contributed by atoms with Crippen LogP contribution in [-0.2, 0) is 30.9 Å². The molecular weight excluding hydrogens is 785 g/mol. The van der Waals surface area contributed by atoms with Gasteiger partial charge in [-0.05, 0) is 47.4 Å². The van der Waals surface area contributed by atoms with Crippen LogP contribution in [0.15, 0.2) is 85.1 Å². The Bertz CT molecular complexity index is 2470. The summed E-state index contributed by atoms with van der Waals surface area (Å²) < 4.78 is 74.5. The minimum absolute atomic E-state index is 0.162. The predicted molar refractivity (Wildman–Crippen MR) is 228 cm³/mol. The molecule has 308 valence electrons. The number of nitrogens with one attached hydrogen (secondary N) is 4. The minimum atomic E-state index is -3.65. The van der Waals surface area contributed by atoms with Gasteiger partial charge in [0.1, 0.15) is 33.8 Å². The van der Waals surface area contributed by atoms with Gasteiger partial charge in [-0.2, -0.15) is 0 Å². The summed E-state index contributed by atoms with van der Waals surface area (Å²) in [5.74, 6) is 2.10. The number of urea groups is 1. The van der Waals surface area contributed by atoms with Gasteiger partial charge in [0, 0.05) is 60.0 Å². The number of sulfonamides is 1. The standard InChI is InChI=1S/C41H48N6O9S2/c1-41(2,3)26-21-33(39(54-5)34(22-26)46-58(6,51)52)45-40(48)44-32-13-14-35(30-10-8-7-9-29(30)32)56-28-15-16-42-38(24-28)43-27-11-12-31(36(23-27)53-4)37(57(49)50)25-47-17-19-55-20-18-47/h7-16,21-24,37,46,57H,17-20,25H2,1-6H3,(H,42,43)(H2,44,45,48). The van der Waals surface area contributed by atoms with Crippen LogP contribution in [-0.4, -0.2) is 86.1 Å². The Kier molecular flexibility index (Phi) is 13.0. The molecule has 58 heavy (non-hydrogen) atoms. The van der Waals surface area contributed by atoms with Crippen molar-refractivity contribution in [1.29, 1.82) is 0 Å². The number of pyridine rings is 1. The van der Waals surface area contributed by atoms with Crippen LogP contribution < -0.4 is 34.9 Å². The van der Waals surface area contributed by atoms with E-state index in [0.717, 1.165) is 17.2 Å². The number of amides is 2. The van der Waals surface area contributed by atoms with Crippen molar-refractivity contribution >= 4 is 66.1 Å². The van der Waals surface area contributed by atoms with E-state index in [4.69, 9.17) is 18.9 Å². The first kappa shape index (κ1) is 42.0. The normalized spacial score (nSPS) is 14.1. The minimum Gasteiger partial charge on any atom is -0.496 e. The quantitative estimate of drug-likeness (QED) is 0.0717. The Morgan fingerprint density at radius 2 is 1.59 bits per heavy atom. The second kappa shape index (κ2) is 17.9. The molecule has 1 fully saturated rings. The fourth-order valence-electron chi connectivity index (χ4n) is 6.58. The van der Waals surface area contributed by atoms with Crippen LogP contribution in [0.5, 0.6) is 23.0 Å². The van der Waals surface area contributed by atoms with E-state index in [1.807, 2.05) is 45.0 Å². The summed E-state index contributed by atoms with van der Waals surface area (Å²) in [7, 11) is -3.51. The fraction of sp³-hybridized carbons (Fsp3) is 0.317. The highest BCUT2D eigenvalue weighted by atomic mass is 32.2. The molecule has 0 bridgehead atoms. The summed E-state index contributed by atoms with van der Waals surface area (Å²) in [5.41, 5.74) is 2.61. The number of morpholine rings is 1. The van der Waals surface area contributed by atoms with Gasteiger partial charge in [0.2, 0.25) is 10.0 Å². The first-order chi connectivity index (χ1) is 27.6. The third-order valence-electron chi connectivity index (χ3n) is 9.45. The molecule has 17 heteroatoms. The first-order valence-electron chi connectivity index (χ1n) is 18.4. The number of hydrogen-bond acceptors (Lipinski definition) is 12. The topological polar surface area (TPSA) is 187 Å². The number of ether oxygens (including phenoxy) is 4. The van der Waals surface area contributed by atoms with E-state index in [-0.39, 0.29) is 22.5 Å². The second-order valence-electron chi connectivity index (χ2n) is 14.7. The third kappa shape index (κ3) is 10.5. The van der Waals surface area contributed by atoms with E-state index in [0.29, 0.717) is 78.2 Å². The van der Waals surface area contributed by atoms with Crippen LogP contribution >= 0.6 is 0 Å². The lowest BCUT2D eigenvalue weighted by atomic mass is 9.86. The molecule has 1 atom stereocenters. The largest absolute Gasteiger partial charge is 0.496 e. The Morgan fingerprint density at radius 1 is 0.879 bits per heavy atom. The summed E-state index contributed by atoms with van der Waals surface area (Å²) >= 11 is 0. The van der Waals surface area contributed by atoms with E-state index in [1.54, 1.807) is 60.8 Å². The molecule has 4 N–H and O–H groups in total. The summed E-state index contributed by atoms with van der Waals surface area (Å²) in [4.78, 5) is 20.0. The molecule has 4 aromatic carbocycles. The van der Waals surface area contributed by atoms with E-state index < -0.39 is 32.0 Å². The van der Waals surface area contributed by atoms with Crippen molar-refractivity contribution in [3.63, 3.8) is 0 Å². The summed E-state index contributed by atoms with van der Waals surface area (Å²) in [5, 5.41) is 9.69. The first-order valence-corrected chi connectivity index (χ1v) is 21.6. The maximum atomic E-state index is 13.5. The number of methoxy groups -OCH3 is 2. The Balaban J connectivity index is 1.20. The van der Waals surface area contributed by atoms with Crippen molar-refractivity contribution in [2.24, 2.45) is 0 Å². The predicted octanol–water partition coefficient (Wildman–Crippen LogP) is 7.09. The van der Waals surface area contributed by atoms with E-state index in [1.165, 1.54) is 14.2 Å². The average Bonchev–Trinajstić information content (AvgIpc) is 3.17. The zero-order valence-corrected chi connectivity index (χ0v) is 34.8. The molecule has 2 heterocycles.